The van der Waals surface area contributed by atoms with Gasteiger partial charge in [0, 0.05) is 18.6 Å². The molecule has 0 atom stereocenters. The number of carboxylic acid groups (broad SMARTS) is 1. The van der Waals surface area contributed by atoms with E-state index in [1.807, 2.05) is 12.3 Å². The van der Waals surface area contributed by atoms with Crippen LogP contribution < -0.4 is 5.32 Å². The van der Waals surface area contributed by atoms with Crippen molar-refractivity contribution in [3.8, 4) is 0 Å². The van der Waals surface area contributed by atoms with Gasteiger partial charge in [0.15, 0.2) is 0 Å². The summed E-state index contributed by atoms with van der Waals surface area (Å²) in [6, 6.07) is -0.310. The van der Waals surface area contributed by atoms with Gasteiger partial charge >= 0.3 is 12.0 Å². The van der Waals surface area contributed by atoms with E-state index in [1.54, 1.807) is 7.05 Å². The summed E-state index contributed by atoms with van der Waals surface area (Å²) in [5.41, 5.74) is 1.28. The fraction of sp³-hybridized carbons (Fsp3) is 0.333. The van der Waals surface area contributed by atoms with E-state index in [1.165, 1.54) is 33.3 Å². The van der Waals surface area contributed by atoms with Crippen molar-refractivity contribution >= 4 is 29.0 Å². The lowest BCUT2D eigenvalue weighted by atomic mass is 10.4. The molecule has 2 amide bonds. The van der Waals surface area contributed by atoms with E-state index >= 15 is 0 Å². The summed E-state index contributed by atoms with van der Waals surface area (Å²) in [5, 5.41) is 18.0. The lowest BCUT2D eigenvalue weighted by molar-refractivity contribution is -0.137. The highest BCUT2D eigenvalue weighted by Crippen LogP contribution is 2.11. The Morgan fingerprint density at radius 3 is 2.90 bits per heavy atom. The van der Waals surface area contributed by atoms with Crippen LogP contribution in [0.15, 0.2) is 17.8 Å². The number of aryl methyl sites for hydroxylation is 1. The van der Waals surface area contributed by atoms with Gasteiger partial charge in [-0.2, -0.15) is 5.10 Å². The van der Waals surface area contributed by atoms with Crippen LogP contribution in [-0.2, 0) is 17.9 Å². The molecule has 0 aromatic carbocycles. The molecule has 0 radical (unpaired) electrons. The molecule has 0 fully saturated rings. The summed E-state index contributed by atoms with van der Waals surface area (Å²) in [6.07, 6.45) is 2.87. The first kappa shape index (κ1) is 15.0. The standard InChI is InChI=1S/C12H15N5O3S/c1-8-14-10(7-21-8)4-16(2)12(20)15-9-3-13-17(5-9)6-11(18)19/h3,5,7H,4,6H2,1-2H3,(H,15,20)(H,18,19). The highest BCUT2D eigenvalue weighted by atomic mass is 32.1. The number of amides is 2. The second-order valence-corrected chi connectivity index (χ2v) is 5.53. The fourth-order valence-electron chi connectivity index (χ4n) is 1.67. The van der Waals surface area contributed by atoms with Crippen LogP contribution in [0.25, 0.3) is 0 Å². The van der Waals surface area contributed by atoms with Crippen LogP contribution in [0.4, 0.5) is 10.5 Å². The van der Waals surface area contributed by atoms with Crippen molar-refractivity contribution in [2.45, 2.75) is 20.0 Å². The number of thiazole rings is 1. The molecular formula is C12H15N5O3S. The van der Waals surface area contributed by atoms with E-state index in [2.05, 4.69) is 15.4 Å². The molecule has 0 unspecified atom stereocenters. The Labute approximate surface area is 125 Å². The zero-order valence-electron chi connectivity index (χ0n) is 11.6. The lowest BCUT2D eigenvalue weighted by Gasteiger charge is -2.15. The Kier molecular flexibility index (Phi) is 4.53. The van der Waals surface area contributed by atoms with Crippen molar-refractivity contribution in [3.05, 3.63) is 28.5 Å². The monoisotopic (exact) mass is 309 g/mol. The summed E-state index contributed by atoms with van der Waals surface area (Å²) in [4.78, 5) is 28.3. The van der Waals surface area contributed by atoms with Crippen LogP contribution in [0.5, 0.6) is 0 Å². The molecule has 2 aromatic rings. The Bertz CT molecular complexity index is 651. The third-order valence-electron chi connectivity index (χ3n) is 2.59. The van der Waals surface area contributed by atoms with E-state index in [0.717, 1.165) is 10.7 Å². The van der Waals surface area contributed by atoms with Crippen LogP contribution in [0.2, 0.25) is 0 Å². The number of carboxylic acids is 1. The van der Waals surface area contributed by atoms with Gasteiger partial charge in [-0.1, -0.05) is 0 Å². The van der Waals surface area contributed by atoms with Gasteiger partial charge in [-0.3, -0.25) is 9.48 Å². The highest BCUT2D eigenvalue weighted by Gasteiger charge is 2.12. The smallest absolute Gasteiger partial charge is 0.325 e. The Morgan fingerprint density at radius 2 is 2.29 bits per heavy atom. The van der Waals surface area contributed by atoms with Crippen LogP contribution in [0, 0.1) is 6.92 Å². The predicted molar refractivity (Wildman–Crippen MR) is 77.2 cm³/mol. The SMILES string of the molecule is Cc1nc(CN(C)C(=O)Nc2cnn(CC(=O)O)c2)cs1. The minimum atomic E-state index is -0.994. The molecule has 0 saturated heterocycles. The molecule has 0 saturated carbocycles. The summed E-state index contributed by atoms with van der Waals surface area (Å²) in [7, 11) is 1.66. The number of anilines is 1. The van der Waals surface area contributed by atoms with Crippen molar-refractivity contribution in [2.75, 3.05) is 12.4 Å². The number of aromatic nitrogens is 3. The number of hydrogen-bond acceptors (Lipinski definition) is 5. The van der Waals surface area contributed by atoms with E-state index in [-0.39, 0.29) is 12.6 Å². The first-order chi connectivity index (χ1) is 9.94. The number of urea groups is 1. The van der Waals surface area contributed by atoms with Gasteiger partial charge in [-0.15, -0.1) is 11.3 Å². The number of nitrogens with one attached hydrogen (secondary N) is 1. The summed E-state index contributed by atoms with van der Waals surface area (Å²) in [5.74, 6) is -0.994. The van der Waals surface area contributed by atoms with Gasteiger partial charge in [0.25, 0.3) is 0 Å². The molecule has 2 aromatic heterocycles. The number of aliphatic carboxylic acids is 1. The maximum atomic E-state index is 12.0. The number of rotatable bonds is 5. The van der Waals surface area contributed by atoms with Crippen LogP contribution >= 0.6 is 11.3 Å². The first-order valence-electron chi connectivity index (χ1n) is 6.11. The predicted octanol–water partition coefficient (Wildman–Crippen LogP) is 1.40. The minimum absolute atomic E-state index is 0.246. The molecule has 112 valence electrons. The van der Waals surface area contributed by atoms with Gasteiger partial charge in [-0.05, 0) is 6.92 Å². The van der Waals surface area contributed by atoms with Crippen LogP contribution in [0.3, 0.4) is 0 Å². The Morgan fingerprint density at radius 1 is 1.52 bits per heavy atom. The Hall–Kier alpha value is -2.42. The number of nitrogens with zero attached hydrogens (tertiary/aromatic N) is 4. The number of carbonyl (C=O) groups is 2. The van der Waals surface area contributed by atoms with E-state index in [9.17, 15) is 9.59 Å². The molecule has 2 N–H and O–H groups in total. The maximum absolute atomic E-state index is 12.0. The second-order valence-electron chi connectivity index (χ2n) is 4.46. The Balaban J connectivity index is 1.91. The van der Waals surface area contributed by atoms with Crippen molar-refractivity contribution in [1.82, 2.24) is 19.7 Å². The van der Waals surface area contributed by atoms with Crippen molar-refractivity contribution in [3.63, 3.8) is 0 Å². The molecular weight excluding hydrogens is 294 g/mol. The fourth-order valence-corrected chi connectivity index (χ4v) is 2.27. The largest absolute Gasteiger partial charge is 0.480 e. The first-order valence-corrected chi connectivity index (χ1v) is 6.99. The van der Waals surface area contributed by atoms with Crippen LogP contribution in [0.1, 0.15) is 10.7 Å². The summed E-state index contributed by atoms with van der Waals surface area (Å²) < 4.78 is 1.24. The molecule has 8 nitrogen and oxygen atoms in total. The zero-order chi connectivity index (χ0) is 15.4. The van der Waals surface area contributed by atoms with E-state index < -0.39 is 5.97 Å². The minimum Gasteiger partial charge on any atom is -0.480 e. The van der Waals surface area contributed by atoms with Gasteiger partial charge in [-0.25, -0.2) is 9.78 Å². The third kappa shape index (κ3) is 4.28. The zero-order valence-corrected chi connectivity index (χ0v) is 12.4. The normalized spacial score (nSPS) is 10.4. The average Bonchev–Trinajstić information content (AvgIpc) is 2.98. The lowest BCUT2D eigenvalue weighted by Crippen LogP contribution is -2.30. The molecule has 0 aliphatic carbocycles. The van der Waals surface area contributed by atoms with Crippen molar-refractivity contribution < 1.29 is 14.7 Å². The molecule has 9 heteroatoms. The molecule has 2 rings (SSSR count). The van der Waals surface area contributed by atoms with Gasteiger partial charge < -0.3 is 15.3 Å². The maximum Gasteiger partial charge on any atom is 0.325 e. The quantitative estimate of drug-likeness (QED) is 0.869. The second kappa shape index (κ2) is 6.35. The van der Waals surface area contributed by atoms with E-state index in [4.69, 9.17) is 5.11 Å². The molecule has 2 heterocycles. The highest BCUT2D eigenvalue weighted by molar-refractivity contribution is 7.09. The molecule has 0 spiro atoms. The molecule has 21 heavy (non-hydrogen) atoms. The molecule has 0 aliphatic rings. The average molecular weight is 309 g/mol. The van der Waals surface area contributed by atoms with Crippen molar-refractivity contribution in [2.24, 2.45) is 0 Å². The number of hydrogen-bond donors (Lipinski definition) is 2. The summed E-state index contributed by atoms with van der Waals surface area (Å²) in [6.45, 7) is 2.06. The molecule has 0 bridgehead atoms. The topological polar surface area (TPSA) is 100 Å². The van der Waals surface area contributed by atoms with Crippen molar-refractivity contribution in [1.29, 1.82) is 0 Å². The summed E-state index contributed by atoms with van der Waals surface area (Å²) >= 11 is 1.53. The van der Waals surface area contributed by atoms with Gasteiger partial charge in [0.1, 0.15) is 6.54 Å². The number of carbonyl (C=O) groups excluding carboxylic acids is 1. The van der Waals surface area contributed by atoms with Gasteiger partial charge in [0.05, 0.1) is 29.1 Å². The molecule has 0 aliphatic heterocycles. The van der Waals surface area contributed by atoms with Crippen LogP contribution in [-0.4, -0.2) is 43.8 Å². The van der Waals surface area contributed by atoms with Gasteiger partial charge in [0.2, 0.25) is 0 Å². The van der Waals surface area contributed by atoms with E-state index in [0.29, 0.717) is 12.2 Å². The third-order valence-corrected chi connectivity index (χ3v) is 3.42.